The van der Waals surface area contributed by atoms with E-state index >= 15 is 0 Å². The molecule has 3 aromatic rings. The number of amides is 1. The molecule has 0 fully saturated rings. The van der Waals surface area contributed by atoms with Crippen molar-refractivity contribution in [3.8, 4) is 5.75 Å². The van der Waals surface area contributed by atoms with Crippen LogP contribution in [0.4, 0.5) is 5.82 Å². The van der Waals surface area contributed by atoms with Gasteiger partial charge in [-0.2, -0.15) is 0 Å². The highest BCUT2D eigenvalue weighted by Gasteiger charge is 2.10. The summed E-state index contributed by atoms with van der Waals surface area (Å²) < 4.78 is 5.24. The largest absolute Gasteiger partial charge is 0.497 e. The van der Waals surface area contributed by atoms with Gasteiger partial charge in [0.15, 0.2) is 0 Å². The molecule has 0 bridgehead atoms. The van der Waals surface area contributed by atoms with E-state index < -0.39 is 0 Å². The lowest BCUT2D eigenvalue weighted by atomic mass is 10.1. The van der Waals surface area contributed by atoms with Crippen LogP contribution >= 0.6 is 0 Å². The van der Waals surface area contributed by atoms with Crippen molar-refractivity contribution in [3.05, 3.63) is 77.5 Å². The first-order chi connectivity index (χ1) is 13.6. The molecule has 0 saturated heterocycles. The summed E-state index contributed by atoms with van der Waals surface area (Å²) in [4.78, 5) is 25.2. The van der Waals surface area contributed by atoms with Gasteiger partial charge in [-0.05, 0) is 43.2 Å². The van der Waals surface area contributed by atoms with Gasteiger partial charge >= 0.3 is 0 Å². The Balaban J connectivity index is 1.58. The van der Waals surface area contributed by atoms with Crippen LogP contribution in [0, 0.1) is 6.92 Å². The third-order valence-electron chi connectivity index (χ3n) is 4.08. The fourth-order valence-electron chi connectivity index (χ4n) is 2.70. The Morgan fingerprint density at radius 2 is 2.00 bits per heavy atom. The van der Waals surface area contributed by atoms with Crippen LogP contribution in [0.15, 0.2) is 54.7 Å². The Morgan fingerprint density at radius 1 is 1.11 bits per heavy atom. The molecule has 0 unspecified atom stereocenters. The lowest BCUT2D eigenvalue weighted by molar-refractivity contribution is 0.0945. The fraction of sp³-hybridized carbons (Fsp3) is 0.238. The second-order valence-electron chi connectivity index (χ2n) is 6.22. The second-order valence-corrected chi connectivity index (χ2v) is 6.22. The SMILES string of the molecule is COc1cccc(CCNc2cc(C(=O)NCc3ccccn3)nc(C)n2)c1. The highest BCUT2D eigenvalue weighted by molar-refractivity contribution is 5.92. The van der Waals surface area contributed by atoms with Gasteiger partial charge in [-0.25, -0.2) is 9.97 Å². The van der Waals surface area contributed by atoms with Crippen LogP contribution in [0.5, 0.6) is 5.75 Å². The zero-order valence-corrected chi connectivity index (χ0v) is 16.0. The molecule has 2 N–H and O–H groups in total. The third-order valence-corrected chi connectivity index (χ3v) is 4.08. The normalized spacial score (nSPS) is 10.4. The Kier molecular flexibility index (Phi) is 6.51. The first kappa shape index (κ1) is 19.3. The maximum absolute atomic E-state index is 12.4. The lowest BCUT2D eigenvalue weighted by Gasteiger charge is -2.10. The standard InChI is InChI=1S/C21H23N5O2/c1-15-25-19(21(27)24-14-17-7-3-4-10-22-17)13-20(26-15)23-11-9-16-6-5-8-18(12-16)28-2/h3-8,10,12-13H,9,11,14H2,1-2H3,(H,24,27)(H,23,25,26). The molecule has 0 radical (unpaired) electrons. The van der Waals surface area contributed by atoms with E-state index in [0.29, 0.717) is 30.4 Å². The van der Waals surface area contributed by atoms with Gasteiger partial charge in [0.25, 0.3) is 5.91 Å². The number of hydrogen-bond donors (Lipinski definition) is 2. The molecule has 144 valence electrons. The van der Waals surface area contributed by atoms with E-state index in [9.17, 15) is 4.79 Å². The second kappa shape index (κ2) is 9.45. The zero-order chi connectivity index (χ0) is 19.8. The van der Waals surface area contributed by atoms with E-state index in [4.69, 9.17) is 4.74 Å². The quantitative estimate of drug-likeness (QED) is 0.627. The summed E-state index contributed by atoms with van der Waals surface area (Å²) in [7, 11) is 1.65. The molecular formula is C21H23N5O2. The molecule has 1 aromatic carbocycles. The predicted molar refractivity (Wildman–Crippen MR) is 107 cm³/mol. The van der Waals surface area contributed by atoms with Crippen LogP contribution in [-0.2, 0) is 13.0 Å². The molecule has 0 atom stereocenters. The molecule has 2 aromatic heterocycles. The molecule has 7 heteroatoms. The topological polar surface area (TPSA) is 89.0 Å². The molecule has 0 aliphatic heterocycles. The molecule has 0 aliphatic carbocycles. The molecule has 0 spiro atoms. The van der Waals surface area contributed by atoms with Crippen molar-refractivity contribution in [2.45, 2.75) is 19.9 Å². The number of benzene rings is 1. The van der Waals surface area contributed by atoms with Crippen molar-refractivity contribution in [1.29, 1.82) is 0 Å². The number of carbonyl (C=O) groups excluding carboxylic acids is 1. The summed E-state index contributed by atoms with van der Waals surface area (Å²) in [6.07, 6.45) is 2.50. The highest BCUT2D eigenvalue weighted by atomic mass is 16.5. The van der Waals surface area contributed by atoms with Crippen LogP contribution in [0.1, 0.15) is 27.6 Å². The van der Waals surface area contributed by atoms with Gasteiger partial charge in [-0.15, -0.1) is 0 Å². The first-order valence-electron chi connectivity index (χ1n) is 9.04. The number of carbonyl (C=O) groups is 1. The van der Waals surface area contributed by atoms with Crippen molar-refractivity contribution in [1.82, 2.24) is 20.3 Å². The smallest absolute Gasteiger partial charge is 0.270 e. The minimum absolute atomic E-state index is 0.257. The van der Waals surface area contributed by atoms with Gasteiger partial charge in [0.05, 0.1) is 19.3 Å². The van der Waals surface area contributed by atoms with Gasteiger partial charge < -0.3 is 15.4 Å². The van der Waals surface area contributed by atoms with Crippen molar-refractivity contribution in [2.75, 3.05) is 19.0 Å². The van der Waals surface area contributed by atoms with Crippen LogP contribution in [0.3, 0.4) is 0 Å². The number of nitrogens with zero attached hydrogens (tertiary/aromatic N) is 3. The minimum Gasteiger partial charge on any atom is -0.497 e. The van der Waals surface area contributed by atoms with E-state index in [1.165, 1.54) is 0 Å². The van der Waals surface area contributed by atoms with Gasteiger partial charge in [-0.1, -0.05) is 18.2 Å². The number of methoxy groups -OCH3 is 1. The number of pyridine rings is 1. The van der Waals surface area contributed by atoms with Crippen LogP contribution in [-0.4, -0.2) is 34.5 Å². The number of rotatable bonds is 8. The minimum atomic E-state index is -0.257. The van der Waals surface area contributed by atoms with Crippen molar-refractivity contribution < 1.29 is 9.53 Å². The molecule has 28 heavy (non-hydrogen) atoms. The van der Waals surface area contributed by atoms with E-state index in [2.05, 4.69) is 25.6 Å². The predicted octanol–water partition coefficient (Wildman–Crippen LogP) is 2.77. The average molecular weight is 377 g/mol. The van der Waals surface area contributed by atoms with E-state index in [0.717, 1.165) is 23.4 Å². The van der Waals surface area contributed by atoms with E-state index in [-0.39, 0.29) is 5.91 Å². The zero-order valence-electron chi connectivity index (χ0n) is 16.0. The molecular weight excluding hydrogens is 354 g/mol. The highest BCUT2D eigenvalue weighted by Crippen LogP contribution is 2.13. The number of ether oxygens (including phenoxy) is 1. The van der Waals surface area contributed by atoms with Crippen molar-refractivity contribution in [2.24, 2.45) is 0 Å². The number of anilines is 1. The summed E-state index contributed by atoms with van der Waals surface area (Å²) in [5.41, 5.74) is 2.27. The summed E-state index contributed by atoms with van der Waals surface area (Å²) in [6.45, 7) is 2.79. The Hall–Kier alpha value is -3.48. The maximum atomic E-state index is 12.4. The molecule has 1 amide bonds. The third kappa shape index (κ3) is 5.51. The van der Waals surface area contributed by atoms with E-state index in [1.807, 2.05) is 42.5 Å². The van der Waals surface area contributed by atoms with E-state index in [1.54, 1.807) is 26.3 Å². The van der Waals surface area contributed by atoms with Crippen molar-refractivity contribution in [3.63, 3.8) is 0 Å². The lowest BCUT2D eigenvalue weighted by Crippen LogP contribution is -2.25. The van der Waals surface area contributed by atoms with Gasteiger partial charge in [-0.3, -0.25) is 9.78 Å². The summed E-state index contributed by atoms with van der Waals surface area (Å²) >= 11 is 0. The van der Waals surface area contributed by atoms with Gasteiger partial charge in [0, 0.05) is 18.8 Å². The fourth-order valence-corrected chi connectivity index (χ4v) is 2.70. The van der Waals surface area contributed by atoms with Gasteiger partial charge in [0.1, 0.15) is 23.1 Å². The van der Waals surface area contributed by atoms with Gasteiger partial charge in [0.2, 0.25) is 0 Å². The number of aryl methyl sites for hydroxylation is 1. The maximum Gasteiger partial charge on any atom is 0.270 e. The Morgan fingerprint density at radius 3 is 2.79 bits per heavy atom. The average Bonchev–Trinajstić information content (AvgIpc) is 2.72. The summed E-state index contributed by atoms with van der Waals surface area (Å²) in [5, 5.41) is 6.09. The van der Waals surface area contributed by atoms with Crippen LogP contribution in [0.2, 0.25) is 0 Å². The summed E-state index contributed by atoms with van der Waals surface area (Å²) in [5.74, 6) is 1.74. The van der Waals surface area contributed by atoms with Crippen LogP contribution in [0.25, 0.3) is 0 Å². The molecule has 2 heterocycles. The summed E-state index contributed by atoms with van der Waals surface area (Å²) in [6, 6.07) is 15.2. The molecule has 0 aliphatic rings. The van der Waals surface area contributed by atoms with Crippen molar-refractivity contribution >= 4 is 11.7 Å². The first-order valence-corrected chi connectivity index (χ1v) is 9.04. The molecule has 0 saturated carbocycles. The Bertz CT molecular complexity index is 931. The van der Waals surface area contributed by atoms with Crippen LogP contribution < -0.4 is 15.4 Å². The monoisotopic (exact) mass is 377 g/mol. The molecule has 3 rings (SSSR count). The number of nitrogens with one attached hydrogen (secondary N) is 2. The Labute approximate surface area is 164 Å². The number of aromatic nitrogens is 3. The number of hydrogen-bond acceptors (Lipinski definition) is 6. The molecule has 7 nitrogen and oxygen atoms in total.